The van der Waals surface area contributed by atoms with Gasteiger partial charge in [0.05, 0.1) is 7.11 Å². The Morgan fingerprint density at radius 2 is 1.93 bits per heavy atom. The summed E-state index contributed by atoms with van der Waals surface area (Å²) in [4.78, 5) is 24.2. The molecule has 14 heavy (non-hydrogen) atoms. The molecule has 0 bridgehead atoms. The van der Waals surface area contributed by atoms with Gasteiger partial charge in [-0.2, -0.15) is 0 Å². The number of urea groups is 1. The van der Waals surface area contributed by atoms with E-state index in [9.17, 15) is 9.59 Å². The first-order valence-electron chi connectivity index (χ1n) is 4.78. The molecule has 0 aromatic rings. The number of nitrogens with zero attached hydrogens (tertiary/aromatic N) is 1. The number of hydrogen-bond acceptors (Lipinski definition) is 3. The van der Waals surface area contributed by atoms with Crippen LogP contribution < -0.4 is 5.32 Å². The number of carbonyl (C=O) groups is 2. The molecule has 1 rings (SSSR count). The smallest absolute Gasteiger partial charge is 0.328 e. The molecule has 0 saturated carbocycles. The summed E-state index contributed by atoms with van der Waals surface area (Å²) in [5.74, 6) is -0.419. The zero-order valence-electron chi connectivity index (χ0n) is 8.58. The highest BCUT2D eigenvalue weighted by Gasteiger charge is 2.22. The van der Waals surface area contributed by atoms with Crippen LogP contribution in [0.5, 0.6) is 0 Å². The molecule has 0 spiro atoms. The lowest BCUT2D eigenvalue weighted by atomic mass is 10.3. The maximum absolute atomic E-state index is 11.5. The molecular weight excluding hydrogens is 184 g/mol. The van der Waals surface area contributed by atoms with Gasteiger partial charge < -0.3 is 15.0 Å². The van der Waals surface area contributed by atoms with Crippen molar-refractivity contribution >= 4 is 12.0 Å². The number of methoxy groups -OCH3 is 1. The predicted molar refractivity (Wildman–Crippen MR) is 50.8 cm³/mol. The Morgan fingerprint density at radius 1 is 1.36 bits per heavy atom. The van der Waals surface area contributed by atoms with Crippen molar-refractivity contribution in [3.63, 3.8) is 0 Å². The summed E-state index contributed by atoms with van der Waals surface area (Å²) in [6.45, 7) is 3.17. The first kappa shape index (κ1) is 10.8. The highest BCUT2D eigenvalue weighted by atomic mass is 16.5. The van der Waals surface area contributed by atoms with Gasteiger partial charge in [-0.25, -0.2) is 9.59 Å². The van der Waals surface area contributed by atoms with Crippen LogP contribution in [0.4, 0.5) is 4.79 Å². The summed E-state index contributed by atoms with van der Waals surface area (Å²) in [5.41, 5.74) is 0. The van der Waals surface area contributed by atoms with Crippen molar-refractivity contribution in [2.24, 2.45) is 0 Å². The third kappa shape index (κ3) is 2.61. The fourth-order valence-electron chi connectivity index (χ4n) is 1.43. The van der Waals surface area contributed by atoms with Gasteiger partial charge in [-0.05, 0) is 19.8 Å². The molecule has 0 aromatic heterocycles. The highest BCUT2D eigenvalue weighted by Crippen LogP contribution is 2.07. The summed E-state index contributed by atoms with van der Waals surface area (Å²) in [5, 5.41) is 2.58. The zero-order chi connectivity index (χ0) is 10.6. The largest absolute Gasteiger partial charge is 0.467 e. The van der Waals surface area contributed by atoms with E-state index in [4.69, 9.17) is 0 Å². The SMILES string of the molecule is COC(=O)C(C)NC(=O)N1CCCC1. The first-order chi connectivity index (χ1) is 6.65. The lowest BCUT2D eigenvalue weighted by Crippen LogP contribution is -2.45. The summed E-state index contributed by atoms with van der Waals surface area (Å²) in [6.07, 6.45) is 2.08. The second kappa shape index (κ2) is 4.83. The van der Waals surface area contributed by atoms with Crippen LogP contribution >= 0.6 is 0 Å². The fourth-order valence-corrected chi connectivity index (χ4v) is 1.43. The van der Waals surface area contributed by atoms with Crippen LogP contribution in [-0.2, 0) is 9.53 Å². The molecule has 1 N–H and O–H groups in total. The van der Waals surface area contributed by atoms with E-state index < -0.39 is 12.0 Å². The standard InChI is InChI=1S/C9H16N2O3/c1-7(8(12)14-2)10-9(13)11-5-3-4-6-11/h7H,3-6H2,1-2H3,(H,10,13). The molecule has 1 fully saturated rings. The van der Waals surface area contributed by atoms with Crippen molar-refractivity contribution in [1.82, 2.24) is 10.2 Å². The van der Waals surface area contributed by atoms with Crippen LogP contribution in [0.25, 0.3) is 0 Å². The van der Waals surface area contributed by atoms with Gasteiger partial charge in [-0.1, -0.05) is 0 Å². The molecule has 0 radical (unpaired) electrons. The Kier molecular flexibility index (Phi) is 3.73. The second-order valence-electron chi connectivity index (χ2n) is 3.39. The monoisotopic (exact) mass is 200 g/mol. The van der Waals surface area contributed by atoms with Gasteiger partial charge in [-0.3, -0.25) is 0 Å². The van der Waals surface area contributed by atoms with E-state index in [1.807, 2.05) is 0 Å². The summed E-state index contributed by atoms with van der Waals surface area (Å²) in [7, 11) is 1.31. The topological polar surface area (TPSA) is 58.6 Å². The molecule has 1 heterocycles. The van der Waals surface area contributed by atoms with Crippen LogP contribution in [-0.4, -0.2) is 43.1 Å². The first-order valence-corrected chi connectivity index (χ1v) is 4.78. The van der Waals surface area contributed by atoms with Crippen molar-refractivity contribution in [2.45, 2.75) is 25.8 Å². The van der Waals surface area contributed by atoms with E-state index in [1.165, 1.54) is 7.11 Å². The maximum atomic E-state index is 11.5. The van der Waals surface area contributed by atoms with Gasteiger partial charge in [-0.15, -0.1) is 0 Å². The average Bonchev–Trinajstić information content (AvgIpc) is 2.69. The van der Waals surface area contributed by atoms with Crippen molar-refractivity contribution in [2.75, 3.05) is 20.2 Å². The van der Waals surface area contributed by atoms with Crippen LogP contribution in [0.3, 0.4) is 0 Å². The molecule has 5 heteroatoms. The number of rotatable bonds is 2. The van der Waals surface area contributed by atoms with Gasteiger partial charge >= 0.3 is 12.0 Å². The van der Waals surface area contributed by atoms with Crippen LogP contribution in [0, 0.1) is 0 Å². The second-order valence-corrected chi connectivity index (χ2v) is 3.39. The molecule has 0 aliphatic carbocycles. The molecule has 1 saturated heterocycles. The van der Waals surface area contributed by atoms with Crippen molar-refractivity contribution in [1.29, 1.82) is 0 Å². The lowest BCUT2D eigenvalue weighted by Gasteiger charge is -2.18. The minimum Gasteiger partial charge on any atom is -0.467 e. The van der Waals surface area contributed by atoms with E-state index in [0.717, 1.165) is 25.9 Å². The molecule has 1 atom stereocenters. The molecule has 1 aliphatic heterocycles. The molecule has 2 amide bonds. The molecule has 1 unspecified atom stereocenters. The van der Waals surface area contributed by atoms with Crippen LogP contribution in [0.1, 0.15) is 19.8 Å². The Morgan fingerprint density at radius 3 is 2.43 bits per heavy atom. The number of carbonyl (C=O) groups excluding carboxylic acids is 2. The zero-order valence-corrected chi connectivity index (χ0v) is 8.58. The third-order valence-corrected chi connectivity index (χ3v) is 2.29. The van der Waals surface area contributed by atoms with Crippen LogP contribution in [0.2, 0.25) is 0 Å². The molecule has 0 aromatic carbocycles. The molecule has 5 nitrogen and oxygen atoms in total. The molecule has 80 valence electrons. The fraction of sp³-hybridized carbons (Fsp3) is 0.778. The average molecular weight is 200 g/mol. The van der Waals surface area contributed by atoms with E-state index in [2.05, 4.69) is 10.1 Å². The number of esters is 1. The van der Waals surface area contributed by atoms with E-state index in [0.29, 0.717) is 0 Å². The summed E-state index contributed by atoms with van der Waals surface area (Å²) >= 11 is 0. The van der Waals surface area contributed by atoms with Gasteiger partial charge in [0.15, 0.2) is 0 Å². The maximum Gasteiger partial charge on any atom is 0.328 e. The number of amides is 2. The Hall–Kier alpha value is -1.26. The highest BCUT2D eigenvalue weighted by molar-refractivity contribution is 5.83. The molecule has 1 aliphatic rings. The van der Waals surface area contributed by atoms with Gasteiger partial charge in [0.1, 0.15) is 6.04 Å². The quantitative estimate of drug-likeness (QED) is 0.654. The predicted octanol–water partition coefficient (Wildman–Crippen LogP) is 0.353. The van der Waals surface area contributed by atoms with E-state index >= 15 is 0 Å². The minimum absolute atomic E-state index is 0.180. The Bertz CT molecular complexity index is 224. The number of nitrogens with one attached hydrogen (secondary N) is 1. The van der Waals surface area contributed by atoms with Crippen molar-refractivity contribution in [3.05, 3.63) is 0 Å². The van der Waals surface area contributed by atoms with Gasteiger partial charge in [0.2, 0.25) is 0 Å². The van der Waals surface area contributed by atoms with Crippen molar-refractivity contribution < 1.29 is 14.3 Å². The Balaban J connectivity index is 2.35. The molecular formula is C9H16N2O3. The van der Waals surface area contributed by atoms with Gasteiger partial charge in [0, 0.05) is 13.1 Å². The Labute approximate surface area is 83.4 Å². The van der Waals surface area contributed by atoms with Crippen molar-refractivity contribution in [3.8, 4) is 0 Å². The number of likely N-dealkylation sites (tertiary alicyclic amines) is 1. The number of ether oxygens (including phenoxy) is 1. The summed E-state index contributed by atoms with van der Waals surface area (Å²) in [6, 6.07) is -0.756. The van der Waals surface area contributed by atoms with Gasteiger partial charge in [0.25, 0.3) is 0 Å². The minimum atomic E-state index is -0.576. The van der Waals surface area contributed by atoms with E-state index in [1.54, 1.807) is 11.8 Å². The van der Waals surface area contributed by atoms with Crippen LogP contribution in [0.15, 0.2) is 0 Å². The third-order valence-electron chi connectivity index (χ3n) is 2.29. The van der Waals surface area contributed by atoms with E-state index in [-0.39, 0.29) is 6.03 Å². The lowest BCUT2D eigenvalue weighted by molar-refractivity contribution is -0.142. The normalized spacial score (nSPS) is 17.7. The number of hydrogen-bond donors (Lipinski definition) is 1. The summed E-state index contributed by atoms with van der Waals surface area (Å²) < 4.78 is 4.50.